The number of aromatic nitrogens is 4. The van der Waals surface area contributed by atoms with Crippen LogP contribution in [-0.4, -0.2) is 118 Å². The molecule has 44 heavy (non-hydrogen) atoms. The standard InChI is InChI=1S/C30H34N8O2S.CH2O2/c39-30(28-20-41-29(33-28)19-38-10-8-36(9-11-38)6-7-37-12-14-40-15-13-37)34-26-16-21(17-27-24(26)18-32-35-27)22-2-1-3-25-23(22)4-5-31-25;2-1-3/h1-5,16-18,20,31H,6-15,19H2,(H,32,35)(H,34,39);1H,(H,2,3). The predicted molar refractivity (Wildman–Crippen MR) is 171 cm³/mol. The lowest BCUT2D eigenvalue weighted by Gasteiger charge is -2.36. The topological polar surface area (TPSA) is 143 Å². The fraction of sp³-hybridized carbons (Fsp3) is 0.355. The lowest BCUT2D eigenvalue weighted by molar-refractivity contribution is -0.122. The highest BCUT2D eigenvalue weighted by Gasteiger charge is 2.21. The van der Waals surface area contributed by atoms with E-state index in [0.717, 1.165) is 110 Å². The first kappa shape index (κ1) is 29.9. The quantitative estimate of drug-likeness (QED) is 0.193. The van der Waals surface area contributed by atoms with Crippen LogP contribution >= 0.6 is 11.3 Å². The molecule has 2 aromatic carbocycles. The van der Waals surface area contributed by atoms with Crippen LogP contribution in [0, 0.1) is 0 Å². The van der Waals surface area contributed by atoms with Crippen molar-refractivity contribution in [2.24, 2.45) is 0 Å². The summed E-state index contributed by atoms with van der Waals surface area (Å²) in [6, 6.07) is 12.3. The average molecular weight is 617 g/mol. The number of anilines is 1. The Morgan fingerprint density at radius 1 is 1.00 bits per heavy atom. The number of amides is 1. The summed E-state index contributed by atoms with van der Waals surface area (Å²) in [5, 5.41) is 22.1. The molecule has 3 aromatic heterocycles. The van der Waals surface area contributed by atoms with Gasteiger partial charge in [-0.3, -0.25) is 29.4 Å². The fourth-order valence-electron chi connectivity index (χ4n) is 5.79. The van der Waals surface area contributed by atoms with Gasteiger partial charge in [0, 0.05) is 80.2 Å². The first-order valence-corrected chi connectivity index (χ1v) is 15.6. The van der Waals surface area contributed by atoms with Gasteiger partial charge in [-0.1, -0.05) is 12.1 Å². The molecule has 0 unspecified atom stereocenters. The summed E-state index contributed by atoms with van der Waals surface area (Å²) in [4.78, 5) is 37.1. The van der Waals surface area contributed by atoms with Crippen molar-refractivity contribution < 1.29 is 19.4 Å². The molecule has 230 valence electrons. The van der Waals surface area contributed by atoms with Crippen LogP contribution in [0.4, 0.5) is 5.69 Å². The molecular formula is C31H36N8O4S. The van der Waals surface area contributed by atoms with Crippen molar-refractivity contribution in [2.75, 3.05) is 70.9 Å². The van der Waals surface area contributed by atoms with Gasteiger partial charge in [0.1, 0.15) is 10.7 Å². The van der Waals surface area contributed by atoms with Gasteiger partial charge in [0.15, 0.2) is 0 Å². The number of rotatable bonds is 8. The van der Waals surface area contributed by atoms with Crippen molar-refractivity contribution >= 4 is 51.2 Å². The molecule has 0 spiro atoms. The number of hydrogen-bond donors (Lipinski definition) is 4. The van der Waals surface area contributed by atoms with Crippen LogP contribution in [0.15, 0.2) is 54.2 Å². The van der Waals surface area contributed by atoms with Gasteiger partial charge >= 0.3 is 0 Å². The van der Waals surface area contributed by atoms with E-state index >= 15 is 0 Å². The normalized spacial score (nSPS) is 16.5. The van der Waals surface area contributed by atoms with E-state index in [2.05, 4.69) is 59.5 Å². The van der Waals surface area contributed by atoms with Gasteiger partial charge in [-0.15, -0.1) is 11.3 Å². The summed E-state index contributed by atoms with van der Waals surface area (Å²) in [5.74, 6) is -0.208. The molecule has 0 saturated carbocycles. The monoisotopic (exact) mass is 616 g/mol. The van der Waals surface area contributed by atoms with Crippen LogP contribution in [0.1, 0.15) is 15.5 Å². The van der Waals surface area contributed by atoms with Crippen molar-refractivity contribution in [3.8, 4) is 11.1 Å². The molecule has 0 radical (unpaired) electrons. The average Bonchev–Trinajstić information content (AvgIpc) is 3.83. The van der Waals surface area contributed by atoms with E-state index < -0.39 is 0 Å². The molecule has 5 heterocycles. The maximum atomic E-state index is 13.3. The van der Waals surface area contributed by atoms with Crippen molar-refractivity contribution in [3.63, 3.8) is 0 Å². The van der Waals surface area contributed by atoms with E-state index in [4.69, 9.17) is 19.6 Å². The maximum Gasteiger partial charge on any atom is 0.290 e. The number of H-pyrrole nitrogens is 2. The molecule has 1 amide bonds. The molecule has 2 aliphatic rings. The highest BCUT2D eigenvalue weighted by Crippen LogP contribution is 2.34. The number of morpholine rings is 1. The van der Waals surface area contributed by atoms with E-state index in [1.165, 1.54) is 0 Å². The summed E-state index contributed by atoms with van der Waals surface area (Å²) < 4.78 is 5.46. The Morgan fingerprint density at radius 2 is 1.75 bits per heavy atom. The van der Waals surface area contributed by atoms with Crippen LogP contribution in [0.25, 0.3) is 32.9 Å². The van der Waals surface area contributed by atoms with Gasteiger partial charge in [-0.25, -0.2) is 4.98 Å². The number of nitrogens with zero attached hydrogens (tertiary/aromatic N) is 5. The smallest absolute Gasteiger partial charge is 0.290 e. The zero-order valence-corrected chi connectivity index (χ0v) is 25.2. The number of benzene rings is 2. The molecule has 2 saturated heterocycles. The van der Waals surface area contributed by atoms with Crippen LogP contribution in [0.5, 0.6) is 0 Å². The first-order chi connectivity index (χ1) is 21.6. The van der Waals surface area contributed by atoms with E-state index in [1.54, 1.807) is 17.5 Å². The number of fused-ring (bicyclic) bond motifs is 2. The first-order valence-electron chi connectivity index (χ1n) is 14.7. The van der Waals surface area contributed by atoms with Gasteiger partial charge in [-0.2, -0.15) is 5.10 Å². The predicted octanol–water partition coefficient (Wildman–Crippen LogP) is 3.57. The zero-order valence-electron chi connectivity index (χ0n) is 24.4. The van der Waals surface area contributed by atoms with Gasteiger partial charge in [-0.05, 0) is 35.4 Å². The highest BCUT2D eigenvalue weighted by atomic mass is 32.1. The van der Waals surface area contributed by atoms with Gasteiger partial charge in [0.2, 0.25) is 0 Å². The van der Waals surface area contributed by atoms with Crippen molar-refractivity contribution in [2.45, 2.75) is 6.54 Å². The number of nitrogens with one attached hydrogen (secondary N) is 3. The van der Waals surface area contributed by atoms with Gasteiger partial charge in [0.25, 0.3) is 12.4 Å². The van der Waals surface area contributed by atoms with Crippen molar-refractivity contribution in [1.82, 2.24) is 34.9 Å². The Labute approximate surface area is 258 Å². The number of carboxylic acid groups (broad SMARTS) is 1. The number of thiazole rings is 1. The van der Waals surface area contributed by atoms with Gasteiger partial charge < -0.3 is 20.1 Å². The molecule has 2 fully saturated rings. The number of ether oxygens (including phenoxy) is 1. The second-order valence-electron chi connectivity index (χ2n) is 10.9. The molecular weight excluding hydrogens is 580 g/mol. The highest BCUT2D eigenvalue weighted by molar-refractivity contribution is 7.09. The van der Waals surface area contributed by atoms with Crippen LogP contribution in [0.2, 0.25) is 0 Å². The second-order valence-corrected chi connectivity index (χ2v) is 11.8. The third kappa shape index (κ3) is 6.98. The summed E-state index contributed by atoms with van der Waals surface area (Å²) in [5.41, 5.74) is 5.20. The Balaban J connectivity index is 0.00000110. The molecule has 4 N–H and O–H groups in total. The minimum absolute atomic E-state index is 0.208. The molecule has 0 bridgehead atoms. The summed E-state index contributed by atoms with van der Waals surface area (Å²) in [6.07, 6.45) is 3.69. The third-order valence-corrected chi connectivity index (χ3v) is 8.99. The summed E-state index contributed by atoms with van der Waals surface area (Å²) in [6.45, 7) is 10.7. The van der Waals surface area contributed by atoms with Crippen LogP contribution < -0.4 is 5.32 Å². The third-order valence-electron chi connectivity index (χ3n) is 8.16. The van der Waals surface area contributed by atoms with E-state index in [-0.39, 0.29) is 12.4 Å². The minimum atomic E-state index is -0.250. The number of piperazine rings is 1. The summed E-state index contributed by atoms with van der Waals surface area (Å²) in [7, 11) is 0. The SMILES string of the molecule is O=C(Nc1cc(-c2cccc3[nH]ccc23)cc2[nH]ncc12)c1csc(CN2CCN(CCN3CCOCC3)CC2)n1.O=CO. The lowest BCUT2D eigenvalue weighted by atomic mass is 9.99. The number of aromatic amines is 2. The molecule has 7 rings (SSSR count). The van der Waals surface area contributed by atoms with Gasteiger partial charge in [0.05, 0.1) is 37.2 Å². The van der Waals surface area contributed by atoms with E-state index in [0.29, 0.717) is 11.4 Å². The molecule has 13 heteroatoms. The summed E-state index contributed by atoms with van der Waals surface area (Å²) >= 11 is 1.55. The molecule has 2 aliphatic heterocycles. The maximum absolute atomic E-state index is 13.3. The molecule has 12 nitrogen and oxygen atoms in total. The zero-order chi connectivity index (χ0) is 30.3. The van der Waals surface area contributed by atoms with Crippen molar-refractivity contribution in [3.05, 3.63) is 64.9 Å². The van der Waals surface area contributed by atoms with Crippen molar-refractivity contribution in [1.29, 1.82) is 0 Å². The largest absolute Gasteiger partial charge is 0.483 e. The number of hydrogen-bond acceptors (Lipinski definition) is 9. The number of carbonyl (C=O) groups excluding carboxylic acids is 1. The Hall–Kier alpha value is -4.14. The molecule has 0 aliphatic carbocycles. The Morgan fingerprint density at radius 3 is 2.55 bits per heavy atom. The lowest BCUT2D eigenvalue weighted by Crippen LogP contribution is -2.49. The molecule has 5 aromatic rings. The second kappa shape index (κ2) is 14.1. The Bertz CT molecular complexity index is 1700. The number of carbonyl (C=O) groups is 2. The van der Waals surface area contributed by atoms with Crippen LogP contribution in [0.3, 0.4) is 0 Å². The molecule has 0 atom stereocenters. The van der Waals surface area contributed by atoms with E-state index in [9.17, 15) is 4.79 Å². The Kier molecular flexibility index (Phi) is 9.58. The minimum Gasteiger partial charge on any atom is -0.483 e. The fourth-order valence-corrected chi connectivity index (χ4v) is 6.61. The van der Waals surface area contributed by atoms with E-state index in [1.807, 2.05) is 23.7 Å². The van der Waals surface area contributed by atoms with Crippen LogP contribution in [-0.2, 0) is 16.1 Å².